The van der Waals surface area contributed by atoms with Crippen molar-refractivity contribution in [3.05, 3.63) is 57.6 Å². The molecule has 0 amide bonds. The minimum atomic E-state index is -0.928. The molecule has 6 heteroatoms. The number of aromatic carboxylic acids is 1. The number of carboxylic acids is 1. The van der Waals surface area contributed by atoms with Crippen LogP contribution in [0.4, 0.5) is 5.69 Å². The van der Waals surface area contributed by atoms with Gasteiger partial charge in [0.15, 0.2) is 0 Å². The van der Waals surface area contributed by atoms with Gasteiger partial charge in [-0.2, -0.15) is 0 Å². The van der Waals surface area contributed by atoms with Gasteiger partial charge in [0.05, 0.1) is 17.9 Å². The standard InChI is InChI=1S/C21H21Cl2NO3/c22-16-5-6-17(18(23)9-16)15-11-24(10-13-2-1-3-13)19-8-14(21(25)26)4-7-20(19)27-12-15/h4-9,13,15H,1-3,10-12H2,(H,25,26). The molecule has 1 saturated carbocycles. The Labute approximate surface area is 168 Å². The SMILES string of the molecule is O=C(O)c1ccc2c(c1)N(CC1CCC1)CC(c1ccc(Cl)cc1Cl)CO2. The van der Waals surface area contributed by atoms with Crippen LogP contribution in [0.2, 0.25) is 10.0 Å². The summed E-state index contributed by atoms with van der Waals surface area (Å²) in [5, 5.41) is 10.6. The molecule has 1 fully saturated rings. The van der Waals surface area contributed by atoms with Crippen LogP contribution in [0.25, 0.3) is 0 Å². The fourth-order valence-electron chi connectivity index (χ4n) is 3.81. The van der Waals surface area contributed by atoms with Crippen LogP contribution < -0.4 is 9.64 Å². The number of nitrogens with zero attached hydrogens (tertiary/aromatic N) is 1. The number of anilines is 1. The molecule has 4 rings (SSSR count). The Morgan fingerprint density at radius 3 is 2.67 bits per heavy atom. The third-order valence-corrected chi connectivity index (χ3v) is 6.10. The van der Waals surface area contributed by atoms with Crippen LogP contribution in [-0.2, 0) is 0 Å². The predicted octanol–water partition coefficient (Wildman–Crippen LogP) is 5.47. The van der Waals surface area contributed by atoms with Crippen LogP contribution in [0.15, 0.2) is 36.4 Å². The van der Waals surface area contributed by atoms with Gasteiger partial charge in [-0.15, -0.1) is 0 Å². The highest BCUT2D eigenvalue weighted by Gasteiger charge is 2.29. The summed E-state index contributed by atoms with van der Waals surface area (Å²) < 4.78 is 6.07. The molecular formula is C21H21Cl2NO3. The van der Waals surface area contributed by atoms with Gasteiger partial charge in [0.25, 0.3) is 0 Å². The quantitative estimate of drug-likeness (QED) is 0.731. The third kappa shape index (κ3) is 3.87. The fourth-order valence-corrected chi connectivity index (χ4v) is 4.37. The summed E-state index contributed by atoms with van der Waals surface area (Å²) in [6, 6.07) is 10.6. The van der Waals surface area contributed by atoms with Gasteiger partial charge in [-0.25, -0.2) is 4.79 Å². The largest absolute Gasteiger partial charge is 0.491 e. The predicted molar refractivity (Wildman–Crippen MR) is 108 cm³/mol. The molecule has 27 heavy (non-hydrogen) atoms. The molecule has 2 aromatic rings. The zero-order valence-corrected chi connectivity index (χ0v) is 16.3. The Hall–Kier alpha value is -1.91. The lowest BCUT2D eigenvalue weighted by atomic mass is 9.84. The molecule has 0 radical (unpaired) electrons. The molecule has 2 aromatic carbocycles. The van der Waals surface area contributed by atoms with Crippen LogP contribution in [0, 0.1) is 5.92 Å². The monoisotopic (exact) mass is 405 g/mol. The molecular weight excluding hydrogens is 385 g/mol. The molecule has 0 aromatic heterocycles. The normalized spacial score (nSPS) is 19.6. The second kappa shape index (κ2) is 7.61. The number of ether oxygens (including phenoxy) is 1. The highest BCUT2D eigenvalue weighted by molar-refractivity contribution is 6.35. The van der Waals surface area contributed by atoms with Crippen molar-refractivity contribution < 1.29 is 14.6 Å². The van der Waals surface area contributed by atoms with Crippen LogP contribution in [0.5, 0.6) is 5.75 Å². The molecule has 1 aliphatic heterocycles. The number of fused-ring (bicyclic) bond motifs is 1. The Balaban J connectivity index is 1.68. The number of benzene rings is 2. The Morgan fingerprint density at radius 2 is 2.00 bits per heavy atom. The van der Waals surface area contributed by atoms with E-state index in [4.69, 9.17) is 27.9 Å². The van der Waals surface area contributed by atoms with E-state index in [9.17, 15) is 9.90 Å². The smallest absolute Gasteiger partial charge is 0.335 e. The summed E-state index contributed by atoms with van der Waals surface area (Å²) in [5.41, 5.74) is 2.14. The van der Waals surface area contributed by atoms with E-state index in [2.05, 4.69) is 4.90 Å². The molecule has 1 unspecified atom stereocenters. The maximum Gasteiger partial charge on any atom is 0.335 e. The van der Waals surface area contributed by atoms with Gasteiger partial charge in [-0.3, -0.25) is 0 Å². The van der Waals surface area contributed by atoms with Crippen LogP contribution in [0.3, 0.4) is 0 Å². The lowest BCUT2D eigenvalue weighted by Gasteiger charge is -2.34. The molecule has 1 aliphatic carbocycles. The summed E-state index contributed by atoms with van der Waals surface area (Å²) in [6.45, 7) is 2.12. The van der Waals surface area contributed by atoms with Crippen molar-refractivity contribution in [2.75, 3.05) is 24.6 Å². The van der Waals surface area contributed by atoms with Crippen molar-refractivity contribution in [3.8, 4) is 5.75 Å². The second-order valence-corrected chi connectivity index (χ2v) is 8.21. The molecule has 142 valence electrons. The van der Waals surface area contributed by atoms with Crippen molar-refractivity contribution in [2.45, 2.75) is 25.2 Å². The average molecular weight is 406 g/mol. The Kier molecular flexibility index (Phi) is 5.20. The average Bonchev–Trinajstić information content (AvgIpc) is 2.77. The van der Waals surface area contributed by atoms with Crippen LogP contribution >= 0.6 is 23.2 Å². The fraction of sp³-hybridized carbons (Fsp3) is 0.381. The van der Waals surface area contributed by atoms with E-state index in [1.807, 2.05) is 12.1 Å². The van der Waals surface area contributed by atoms with Crippen molar-refractivity contribution in [2.24, 2.45) is 5.92 Å². The van der Waals surface area contributed by atoms with E-state index >= 15 is 0 Å². The summed E-state index contributed by atoms with van der Waals surface area (Å²) in [7, 11) is 0. The van der Waals surface area contributed by atoms with Crippen molar-refractivity contribution in [1.29, 1.82) is 0 Å². The molecule has 4 nitrogen and oxygen atoms in total. The summed E-state index contributed by atoms with van der Waals surface area (Å²) in [4.78, 5) is 13.7. The number of carbonyl (C=O) groups is 1. The van der Waals surface area contributed by atoms with Gasteiger partial charge in [-0.05, 0) is 54.7 Å². The zero-order valence-electron chi connectivity index (χ0n) is 14.8. The van der Waals surface area contributed by atoms with Gasteiger partial charge >= 0.3 is 5.97 Å². The van der Waals surface area contributed by atoms with Crippen molar-refractivity contribution >= 4 is 34.9 Å². The van der Waals surface area contributed by atoms with E-state index in [0.29, 0.717) is 22.6 Å². The summed E-state index contributed by atoms with van der Waals surface area (Å²) in [6.07, 6.45) is 3.71. The molecule has 1 N–H and O–H groups in total. The lowest BCUT2D eigenvalue weighted by molar-refractivity contribution is 0.0697. The topological polar surface area (TPSA) is 49.8 Å². The summed E-state index contributed by atoms with van der Waals surface area (Å²) >= 11 is 12.5. The Bertz CT molecular complexity index is 867. The van der Waals surface area contributed by atoms with Crippen LogP contribution in [-0.4, -0.2) is 30.8 Å². The van der Waals surface area contributed by atoms with E-state index < -0.39 is 5.97 Å². The van der Waals surface area contributed by atoms with Crippen molar-refractivity contribution in [3.63, 3.8) is 0 Å². The number of halogens is 2. The minimum Gasteiger partial charge on any atom is -0.491 e. The number of hydrogen-bond acceptors (Lipinski definition) is 3. The first-order chi connectivity index (χ1) is 13.0. The van der Waals surface area contributed by atoms with Gasteiger partial charge in [-0.1, -0.05) is 35.7 Å². The van der Waals surface area contributed by atoms with Gasteiger partial charge in [0.2, 0.25) is 0 Å². The highest BCUT2D eigenvalue weighted by Crippen LogP contribution is 2.39. The summed E-state index contributed by atoms with van der Waals surface area (Å²) in [5.74, 6) is 0.524. The lowest BCUT2D eigenvalue weighted by Crippen LogP contribution is -2.35. The molecule has 0 spiro atoms. The molecule has 1 heterocycles. The molecule has 1 atom stereocenters. The van der Waals surface area contributed by atoms with E-state index in [1.54, 1.807) is 24.3 Å². The molecule has 0 bridgehead atoms. The first kappa shape index (κ1) is 18.5. The maximum atomic E-state index is 11.4. The third-order valence-electron chi connectivity index (χ3n) is 5.53. The van der Waals surface area contributed by atoms with E-state index in [0.717, 1.165) is 30.1 Å². The highest BCUT2D eigenvalue weighted by atomic mass is 35.5. The van der Waals surface area contributed by atoms with Gasteiger partial charge in [0.1, 0.15) is 5.75 Å². The minimum absolute atomic E-state index is 0.0792. The van der Waals surface area contributed by atoms with Gasteiger partial charge < -0.3 is 14.7 Å². The van der Waals surface area contributed by atoms with E-state index in [-0.39, 0.29) is 11.5 Å². The molecule has 2 aliphatic rings. The maximum absolute atomic E-state index is 11.4. The van der Waals surface area contributed by atoms with Crippen molar-refractivity contribution in [1.82, 2.24) is 0 Å². The molecule has 0 saturated heterocycles. The Morgan fingerprint density at radius 1 is 1.19 bits per heavy atom. The first-order valence-electron chi connectivity index (χ1n) is 9.21. The van der Waals surface area contributed by atoms with Gasteiger partial charge in [0, 0.05) is 29.1 Å². The first-order valence-corrected chi connectivity index (χ1v) is 9.97. The number of hydrogen-bond donors (Lipinski definition) is 1. The number of carboxylic acid groups (broad SMARTS) is 1. The zero-order chi connectivity index (χ0) is 19.0. The number of rotatable bonds is 4. The second-order valence-electron chi connectivity index (χ2n) is 7.36. The van der Waals surface area contributed by atoms with Crippen LogP contribution in [0.1, 0.15) is 41.1 Å². The van der Waals surface area contributed by atoms with E-state index in [1.165, 1.54) is 19.3 Å².